The summed E-state index contributed by atoms with van der Waals surface area (Å²) in [5.74, 6) is -0.271. The topological polar surface area (TPSA) is 69.8 Å². The summed E-state index contributed by atoms with van der Waals surface area (Å²) in [4.78, 5) is 15.8. The predicted molar refractivity (Wildman–Crippen MR) is 77.2 cm³/mol. The molecule has 2 atom stereocenters. The average Bonchev–Trinajstić information content (AvgIpc) is 2.68. The van der Waals surface area contributed by atoms with Gasteiger partial charge in [0, 0.05) is 25.7 Å². The van der Waals surface area contributed by atoms with Gasteiger partial charge in [-0.3, -0.25) is 9.69 Å². The van der Waals surface area contributed by atoms with Gasteiger partial charge in [-0.25, -0.2) is 0 Å². The Labute approximate surface area is 116 Å². The third-order valence-electron chi connectivity index (χ3n) is 3.90. The van der Waals surface area contributed by atoms with Crippen LogP contribution in [0.1, 0.15) is 33.1 Å². The van der Waals surface area contributed by atoms with Gasteiger partial charge in [-0.1, -0.05) is 13.8 Å². The molecule has 0 spiro atoms. The number of rotatable bonds is 7. The SMILES string of the molecule is CC(C)CN(CCN(C)C)C1CCC(N)(C(=O)O)C1. The first-order chi connectivity index (χ1) is 8.74. The van der Waals surface area contributed by atoms with Crippen molar-refractivity contribution >= 4 is 5.97 Å². The maximum atomic E-state index is 11.2. The summed E-state index contributed by atoms with van der Waals surface area (Å²) in [6, 6.07) is 0.309. The molecule has 0 saturated heterocycles. The number of hydrogen-bond donors (Lipinski definition) is 2. The van der Waals surface area contributed by atoms with Crippen LogP contribution >= 0.6 is 0 Å². The van der Waals surface area contributed by atoms with Crippen molar-refractivity contribution in [3.05, 3.63) is 0 Å². The largest absolute Gasteiger partial charge is 0.480 e. The van der Waals surface area contributed by atoms with Crippen molar-refractivity contribution in [1.29, 1.82) is 0 Å². The molecule has 112 valence electrons. The van der Waals surface area contributed by atoms with Gasteiger partial charge < -0.3 is 15.7 Å². The van der Waals surface area contributed by atoms with Crippen LogP contribution in [0.4, 0.5) is 0 Å². The first-order valence-electron chi connectivity index (χ1n) is 7.15. The smallest absolute Gasteiger partial charge is 0.323 e. The van der Waals surface area contributed by atoms with Crippen molar-refractivity contribution in [2.24, 2.45) is 11.7 Å². The Morgan fingerprint density at radius 1 is 1.42 bits per heavy atom. The van der Waals surface area contributed by atoms with E-state index in [2.05, 4.69) is 37.7 Å². The molecule has 2 unspecified atom stereocenters. The lowest BCUT2D eigenvalue weighted by molar-refractivity contribution is -0.143. The van der Waals surface area contributed by atoms with Crippen molar-refractivity contribution in [2.75, 3.05) is 33.7 Å². The molecule has 5 nitrogen and oxygen atoms in total. The maximum absolute atomic E-state index is 11.2. The average molecular weight is 271 g/mol. The Kier molecular flexibility index (Phi) is 5.77. The molecule has 1 aliphatic rings. The number of carbonyl (C=O) groups is 1. The standard InChI is InChI=1S/C14H29N3O2/c1-11(2)10-17(8-7-16(3)4)12-5-6-14(15,9-12)13(18)19/h11-12H,5-10,15H2,1-4H3,(H,18,19). The fraction of sp³-hybridized carbons (Fsp3) is 0.929. The van der Waals surface area contributed by atoms with Crippen molar-refractivity contribution in [3.8, 4) is 0 Å². The minimum atomic E-state index is -1.02. The van der Waals surface area contributed by atoms with E-state index in [4.69, 9.17) is 5.73 Å². The van der Waals surface area contributed by atoms with Crippen LogP contribution in [0.5, 0.6) is 0 Å². The Bertz CT molecular complexity index is 307. The van der Waals surface area contributed by atoms with Gasteiger partial charge >= 0.3 is 5.97 Å². The second-order valence-corrected chi connectivity index (χ2v) is 6.55. The second-order valence-electron chi connectivity index (χ2n) is 6.55. The predicted octanol–water partition coefficient (Wildman–Crippen LogP) is 0.841. The summed E-state index contributed by atoms with van der Waals surface area (Å²) in [6.07, 6.45) is 2.05. The minimum Gasteiger partial charge on any atom is -0.480 e. The molecule has 0 aliphatic heterocycles. The van der Waals surface area contributed by atoms with Crippen LogP contribution in [-0.4, -0.2) is 66.2 Å². The Balaban J connectivity index is 2.63. The van der Waals surface area contributed by atoms with Crippen molar-refractivity contribution in [1.82, 2.24) is 9.80 Å². The minimum absolute atomic E-state index is 0.309. The first-order valence-corrected chi connectivity index (χ1v) is 7.15. The monoisotopic (exact) mass is 271 g/mol. The Morgan fingerprint density at radius 3 is 2.47 bits per heavy atom. The third-order valence-corrected chi connectivity index (χ3v) is 3.90. The molecule has 0 heterocycles. The van der Waals surface area contributed by atoms with Crippen molar-refractivity contribution in [3.63, 3.8) is 0 Å². The van der Waals surface area contributed by atoms with Crippen LogP contribution in [0.3, 0.4) is 0 Å². The van der Waals surface area contributed by atoms with Crippen LogP contribution in [0.2, 0.25) is 0 Å². The quantitative estimate of drug-likeness (QED) is 0.718. The highest BCUT2D eigenvalue weighted by molar-refractivity contribution is 5.79. The lowest BCUT2D eigenvalue weighted by atomic mass is 9.99. The highest BCUT2D eigenvalue weighted by atomic mass is 16.4. The number of carboxylic acid groups (broad SMARTS) is 1. The van der Waals surface area contributed by atoms with E-state index in [-0.39, 0.29) is 0 Å². The number of nitrogens with two attached hydrogens (primary N) is 1. The molecular formula is C14H29N3O2. The van der Waals surface area contributed by atoms with Gasteiger partial charge in [0.2, 0.25) is 0 Å². The Morgan fingerprint density at radius 2 is 2.05 bits per heavy atom. The van der Waals surface area contributed by atoms with Crippen LogP contribution in [-0.2, 0) is 4.79 Å². The number of hydrogen-bond acceptors (Lipinski definition) is 4. The molecule has 1 rings (SSSR count). The molecule has 0 radical (unpaired) electrons. The lowest BCUT2D eigenvalue weighted by Crippen LogP contribution is -2.48. The Hall–Kier alpha value is -0.650. The van der Waals surface area contributed by atoms with E-state index in [0.717, 1.165) is 26.1 Å². The van der Waals surface area contributed by atoms with Crippen LogP contribution in [0.25, 0.3) is 0 Å². The molecule has 1 aliphatic carbocycles. The molecule has 1 fully saturated rings. The van der Waals surface area contributed by atoms with Gasteiger partial charge in [-0.15, -0.1) is 0 Å². The van der Waals surface area contributed by atoms with E-state index in [0.29, 0.717) is 24.8 Å². The molecular weight excluding hydrogens is 242 g/mol. The van der Waals surface area contributed by atoms with E-state index >= 15 is 0 Å². The number of likely N-dealkylation sites (N-methyl/N-ethyl adjacent to an activating group) is 1. The molecule has 0 aromatic rings. The van der Waals surface area contributed by atoms with Crippen LogP contribution < -0.4 is 5.73 Å². The summed E-state index contributed by atoms with van der Waals surface area (Å²) < 4.78 is 0. The first kappa shape index (κ1) is 16.4. The highest BCUT2D eigenvalue weighted by Crippen LogP contribution is 2.31. The van der Waals surface area contributed by atoms with Gasteiger partial charge in [0.25, 0.3) is 0 Å². The molecule has 1 saturated carbocycles. The van der Waals surface area contributed by atoms with Gasteiger partial charge in [-0.2, -0.15) is 0 Å². The number of aliphatic carboxylic acids is 1. The molecule has 3 N–H and O–H groups in total. The molecule has 5 heteroatoms. The second kappa shape index (κ2) is 6.68. The van der Waals surface area contributed by atoms with Crippen molar-refractivity contribution < 1.29 is 9.90 Å². The highest BCUT2D eigenvalue weighted by Gasteiger charge is 2.43. The zero-order valence-electron chi connectivity index (χ0n) is 12.7. The van der Waals surface area contributed by atoms with E-state index < -0.39 is 11.5 Å². The summed E-state index contributed by atoms with van der Waals surface area (Å²) >= 11 is 0. The van der Waals surface area contributed by atoms with Gasteiger partial charge in [0.15, 0.2) is 0 Å². The van der Waals surface area contributed by atoms with E-state index in [1.165, 1.54) is 0 Å². The van der Waals surface area contributed by atoms with Gasteiger partial charge in [0.05, 0.1) is 0 Å². The number of nitrogens with zero attached hydrogens (tertiary/aromatic N) is 2. The molecule has 0 amide bonds. The van der Waals surface area contributed by atoms with E-state index in [1.807, 2.05) is 0 Å². The van der Waals surface area contributed by atoms with Crippen LogP contribution in [0, 0.1) is 5.92 Å². The normalized spacial score (nSPS) is 27.7. The molecule has 0 aromatic heterocycles. The van der Waals surface area contributed by atoms with Crippen LogP contribution in [0.15, 0.2) is 0 Å². The fourth-order valence-corrected chi connectivity index (χ4v) is 2.78. The lowest BCUT2D eigenvalue weighted by Gasteiger charge is -2.32. The summed E-state index contributed by atoms with van der Waals surface area (Å²) in [5.41, 5.74) is 4.96. The van der Waals surface area contributed by atoms with Gasteiger partial charge in [-0.05, 0) is 39.3 Å². The van der Waals surface area contributed by atoms with E-state index in [1.54, 1.807) is 0 Å². The number of carboxylic acids is 1. The fourth-order valence-electron chi connectivity index (χ4n) is 2.78. The molecule has 0 bridgehead atoms. The zero-order valence-corrected chi connectivity index (χ0v) is 12.7. The maximum Gasteiger partial charge on any atom is 0.323 e. The van der Waals surface area contributed by atoms with E-state index in [9.17, 15) is 9.90 Å². The molecule has 0 aromatic carbocycles. The summed E-state index contributed by atoms with van der Waals surface area (Å²) in [6.45, 7) is 7.38. The summed E-state index contributed by atoms with van der Waals surface area (Å²) in [5, 5.41) is 9.22. The summed E-state index contributed by atoms with van der Waals surface area (Å²) in [7, 11) is 4.12. The van der Waals surface area contributed by atoms with Crippen molar-refractivity contribution in [2.45, 2.75) is 44.7 Å². The zero-order chi connectivity index (χ0) is 14.6. The molecule has 19 heavy (non-hydrogen) atoms. The third kappa shape index (κ3) is 4.75. The van der Waals surface area contributed by atoms with Gasteiger partial charge in [0.1, 0.15) is 5.54 Å².